The molecule has 3 aromatic rings. The molecule has 1 N–H and O–H groups in total. The van der Waals surface area contributed by atoms with Gasteiger partial charge in [-0.05, 0) is 24.3 Å². The number of sulfonamides is 1. The molecule has 0 radical (unpaired) electrons. The van der Waals surface area contributed by atoms with Crippen LogP contribution in [0.25, 0.3) is 11.3 Å². The van der Waals surface area contributed by atoms with Gasteiger partial charge in [0.2, 0.25) is 0 Å². The van der Waals surface area contributed by atoms with Gasteiger partial charge in [0.1, 0.15) is 0 Å². The average molecular weight is 310 g/mol. The molecular weight excluding hydrogens is 296 g/mol. The number of pyridine rings is 1. The summed E-state index contributed by atoms with van der Waals surface area (Å²) >= 11 is 0. The van der Waals surface area contributed by atoms with E-state index in [1.807, 2.05) is 30.3 Å². The molecule has 0 atom stereocenters. The molecule has 0 saturated heterocycles. The molecule has 110 valence electrons. The van der Waals surface area contributed by atoms with E-state index in [1.165, 1.54) is 6.20 Å². The van der Waals surface area contributed by atoms with Crippen LogP contribution in [0.15, 0.2) is 83.9 Å². The van der Waals surface area contributed by atoms with Gasteiger partial charge in [-0.2, -0.15) is 0 Å². The van der Waals surface area contributed by atoms with Crippen molar-refractivity contribution in [3.05, 3.63) is 79.0 Å². The smallest absolute Gasteiger partial charge is 0.261 e. The Labute approximate surface area is 129 Å². The molecular formula is C17H14N2O2S. The third-order valence-corrected chi connectivity index (χ3v) is 4.54. The van der Waals surface area contributed by atoms with Crippen molar-refractivity contribution in [3.8, 4) is 11.3 Å². The molecule has 22 heavy (non-hydrogen) atoms. The Morgan fingerprint density at radius 2 is 1.41 bits per heavy atom. The molecule has 0 bridgehead atoms. The number of aromatic nitrogens is 1. The number of hydrogen-bond donors (Lipinski definition) is 1. The number of hydrogen-bond acceptors (Lipinski definition) is 3. The molecule has 0 fully saturated rings. The second-order valence-electron chi connectivity index (χ2n) is 4.72. The van der Waals surface area contributed by atoms with Crippen LogP contribution >= 0.6 is 0 Å². The molecule has 5 heteroatoms. The monoisotopic (exact) mass is 310 g/mol. The summed E-state index contributed by atoms with van der Waals surface area (Å²) in [5, 5.41) is 0. The lowest BCUT2D eigenvalue weighted by Crippen LogP contribution is -2.12. The van der Waals surface area contributed by atoms with Gasteiger partial charge in [-0.25, -0.2) is 8.42 Å². The van der Waals surface area contributed by atoms with Crippen LogP contribution in [0.3, 0.4) is 0 Å². The summed E-state index contributed by atoms with van der Waals surface area (Å²) < 4.78 is 27.0. The molecule has 0 aliphatic heterocycles. The fraction of sp³-hybridized carbons (Fsp3) is 0. The first-order chi connectivity index (χ1) is 10.6. The molecule has 0 saturated carbocycles. The van der Waals surface area contributed by atoms with Gasteiger partial charge in [0.25, 0.3) is 10.0 Å². The van der Waals surface area contributed by atoms with E-state index in [9.17, 15) is 8.42 Å². The zero-order valence-corrected chi connectivity index (χ0v) is 12.5. The van der Waals surface area contributed by atoms with Gasteiger partial charge >= 0.3 is 0 Å². The van der Waals surface area contributed by atoms with Crippen LogP contribution in [0.1, 0.15) is 0 Å². The normalized spacial score (nSPS) is 11.1. The topological polar surface area (TPSA) is 59.1 Å². The Morgan fingerprint density at radius 3 is 2.00 bits per heavy atom. The van der Waals surface area contributed by atoms with Crippen molar-refractivity contribution in [3.63, 3.8) is 0 Å². The largest absolute Gasteiger partial charge is 0.278 e. The van der Waals surface area contributed by atoms with E-state index in [1.54, 1.807) is 42.5 Å². The van der Waals surface area contributed by atoms with Crippen molar-refractivity contribution in [1.29, 1.82) is 0 Å². The lowest BCUT2D eigenvalue weighted by atomic mass is 10.1. The van der Waals surface area contributed by atoms with Crippen molar-refractivity contribution >= 4 is 15.7 Å². The third-order valence-electron chi connectivity index (χ3n) is 3.14. The maximum atomic E-state index is 12.2. The summed E-state index contributed by atoms with van der Waals surface area (Å²) in [6.45, 7) is 0. The first-order valence-electron chi connectivity index (χ1n) is 6.74. The van der Waals surface area contributed by atoms with Crippen LogP contribution in [0.4, 0.5) is 5.69 Å². The molecule has 1 heterocycles. The predicted molar refractivity (Wildman–Crippen MR) is 86.9 cm³/mol. The SMILES string of the molecule is O=S(=O)(Nc1ccc(-c2ccccc2)nc1)c1ccccc1. The molecule has 4 nitrogen and oxygen atoms in total. The lowest BCUT2D eigenvalue weighted by molar-refractivity contribution is 0.601. The molecule has 2 aromatic carbocycles. The number of rotatable bonds is 4. The maximum absolute atomic E-state index is 12.2. The van der Waals surface area contributed by atoms with E-state index in [0.29, 0.717) is 5.69 Å². The number of benzene rings is 2. The summed E-state index contributed by atoms with van der Waals surface area (Å²) in [6.07, 6.45) is 1.52. The van der Waals surface area contributed by atoms with Gasteiger partial charge in [0.15, 0.2) is 0 Å². The highest BCUT2D eigenvalue weighted by Gasteiger charge is 2.13. The van der Waals surface area contributed by atoms with Gasteiger partial charge in [-0.3, -0.25) is 9.71 Å². The van der Waals surface area contributed by atoms with Gasteiger partial charge in [0, 0.05) is 5.56 Å². The van der Waals surface area contributed by atoms with Crippen LogP contribution in [0.2, 0.25) is 0 Å². The minimum absolute atomic E-state index is 0.224. The van der Waals surface area contributed by atoms with Crippen LogP contribution in [0.5, 0.6) is 0 Å². The quantitative estimate of drug-likeness (QED) is 0.801. The van der Waals surface area contributed by atoms with E-state index in [-0.39, 0.29) is 4.90 Å². The first-order valence-corrected chi connectivity index (χ1v) is 8.23. The summed E-state index contributed by atoms with van der Waals surface area (Å²) in [4.78, 5) is 4.52. The van der Waals surface area contributed by atoms with Crippen molar-refractivity contribution in [1.82, 2.24) is 4.98 Å². The van der Waals surface area contributed by atoms with E-state index < -0.39 is 10.0 Å². The second-order valence-corrected chi connectivity index (χ2v) is 6.40. The summed E-state index contributed by atoms with van der Waals surface area (Å²) in [5.74, 6) is 0. The highest BCUT2D eigenvalue weighted by atomic mass is 32.2. The summed E-state index contributed by atoms with van der Waals surface area (Å²) in [7, 11) is -3.58. The van der Waals surface area contributed by atoms with E-state index in [0.717, 1.165) is 11.3 Å². The van der Waals surface area contributed by atoms with Crippen LogP contribution < -0.4 is 4.72 Å². The van der Waals surface area contributed by atoms with E-state index >= 15 is 0 Å². The molecule has 0 aliphatic carbocycles. The summed E-state index contributed by atoms with van der Waals surface area (Å²) in [6, 6.07) is 21.5. The molecule has 0 amide bonds. The van der Waals surface area contributed by atoms with E-state index in [4.69, 9.17) is 0 Å². The Morgan fingerprint density at radius 1 is 0.773 bits per heavy atom. The highest BCUT2D eigenvalue weighted by molar-refractivity contribution is 7.92. The van der Waals surface area contributed by atoms with Gasteiger partial charge in [-0.15, -0.1) is 0 Å². The molecule has 0 aliphatic rings. The van der Waals surface area contributed by atoms with Crippen molar-refractivity contribution in [2.45, 2.75) is 4.90 Å². The van der Waals surface area contributed by atoms with Crippen molar-refractivity contribution in [2.75, 3.05) is 4.72 Å². The second kappa shape index (κ2) is 5.99. The van der Waals surface area contributed by atoms with Gasteiger partial charge in [-0.1, -0.05) is 48.5 Å². The van der Waals surface area contributed by atoms with Crippen molar-refractivity contribution in [2.24, 2.45) is 0 Å². The Hall–Kier alpha value is -2.66. The minimum atomic E-state index is -3.58. The fourth-order valence-electron chi connectivity index (χ4n) is 2.05. The average Bonchev–Trinajstić information content (AvgIpc) is 2.57. The molecule has 1 aromatic heterocycles. The zero-order valence-electron chi connectivity index (χ0n) is 11.7. The predicted octanol–water partition coefficient (Wildman–Crippen LogP) is 3.55. The van der Waals surface area contributed by atoms with Crippen molar-refractivity contribution < 1.29 is 8.42 Å². The summed E-state index contributed by atoms with van der Waals surface area (Å²) in [5.41, 5.74) is 2.21. The minimum Gasteiger partial charge on any atom is -0.278 e. The zero-order chi connectivity index (χ0) is 15.4. The Balaban J connectivity index is 1.83. The standard InChI is InChI=1S/C17H14N2O2S/c20-22(21,16-9-5-2-6-10-16)19-15-11-12-17(18-13-15)14-7-3-1-4-8-14/h1-13,19H. The van der Waals surface area contributed by atoms with E-state index in [2.05, 4.69) is 9.71 Å². The number of nitrogens with one attached hydrogen (secondary N) is 1. The number of anilines is 1. The Bertz CT molecular complexity index is 846. The first kappa shape index (κ1) is 14.3. The fourth-order valence-corrected chi connectivity index (χ4v) is 3.11. The maximum Gasteiger partial charge on any atom is 0.261 e. The Kier molecular flexibility index (Phi) is 3.89. The molecule has 0 unspecified atom stereocenters. The van der Waals surface area contributed by atoms with Crippen LogP contribution in [-0.4, -0.2) is 13.4 Å². The number of nitrogens with zero attached hydrogens (tertiary/aromatic N) is 1. The van der Waals surface area contributed by atoms with Crippen LogP contribution in [0, 0.1) is 0 Å². The van der Waals surface area contributed by atoms with Gasteiger partial charge in [0.05, 0.1) is 22.5 Å². The van der Waals surface area contributed by atoms with Crippen LogP contribution in [-0.2, 0) is 10.0 Å². The van der Waals surface area contributed by atoms with Gasteiger partial charge < -0.3 is 0 Å². The highest BCUT2D eigenvalue weighted by Crippen LogP contribution is 2.20. The lowest BCUT2D eigenvalue weighted by Gasteiger charge is -2.08. The third kappa shape index (κ3) is 3.15. The molecule has 3 rings (SSSR count). The molecule has 0 spiro atoms.